The summed E-state index contributed by atoms with van der Waals surface area (Å²) >= 11 is 7.63. The average molecular weight is 266 g/mol. The second-order valence-electron chi connectivity index (χ2n) is 3.52. The molecule has 1 heterocycles. The van der Waals surface area contributed by atoms with Crippen LogP contribution in [0.5, 0.6) is 5.75 Å². The molecule has 0 fully saturated rings. The first-order chi connectivity index (χ1) is 8.19. The van der Waals surface area contributed by atoms with Crippen LogP contribution < -0.4 is 4.74 Å². The van der Waals surface area contributed by atoms with Gasteiger partial charge in [0.2, 0.25) is 0 Å². The van der Waals surface area contributed by atoms with Crippen LogP contribution in [0.3, 0.4) is 0 Å². The first-order valence-electron chi connectivity index (χ1n) is 5.13. The quantitative estimate of drug-likeness (QED) is 0.751. The maximum absolute atomic E-state index is 5.93. The number of thiophene rings is 1. The lowest BCUT2D eigenvalue weighted by atomic mass is 10.3. The molecular formula is C13H12ClNOS. The van der Waals surface area contributed by atoms with Crippen molar-refractivity contribution >= 4 is 34.8 Å². The molecule has 2 nitrogen and oxygen atoms in total. The second kappa shape index (κ2) is 5.34. The van der Waals surface area contributed by atoms with Crippen molar-refractivity contribution in [2.24, 2.45) is 4.99 Å². The number of hydrogen-bond acceptors (Lipinski definition) is 3. The summed E-state index contributed by atoms with van der Waals surface area (Å²) in [4.78, 5) is 6.78. The number of halogens is 1. The lowest BCUT2D eigenvalue weighted by Gasteiger charge is -2.03. The molecule has 0 unspecified atom stereocenters. The van der Waals surface area contributed by atoms with E-state index in [-0.39, 0.29) is 0 Å². The SMILES string of the molecule is COc1ccc(Cl)cc1N=Cc1ccc(C)s1. The van der Waals surface area contributed by atoms with E-state index in [0.717, 1.165) is 16.3 Å². The summed E-state index contributed by atoms with van der Waals surface area (Å²) in [6, 6.07) is 9.50. The largest absolute Gasteiger partial charge is 0.494 e. The minimum atomic E-state index is 0.653. The number of ether oxygens (including phenoxy) is 1. The van der Waals surface area contributed by atoms with Gasteiger partial charge in [-0.1, -0.05) is 11.6 Å². The number of benzene rings is 1. The van der Waals surface area contributed by atoms with Crippen molar-refractivity contribution in [2.75, 3.05) is 7.11 Å². The molecule has 0 saturated carbocycles. The smallest absolute Gasteiger partial charge is 0.144 e. The molecule has 0 atom stereocenters. The highest BCUT2D eigenvalue weighted by Gasteiger charge is 2.01. The van der Waals surface area contributed by atoms with Crippen LogP contribution in [0.4, 0.5) is 5.69 Å². The number of aryl methyl sites for hydroxylation is 1. The Hall–Kier alpha value is -1.32. The zero-order valence-electron chi connectivity index (χ0n) is 9.61. The summed E-state index contributed by atoms with van der Waals surface area (Å²) < 4.78 is 5.22. The van der Waals surface area contributed by atoms with Gasteiger partial charge in [-0.05, 0) is 37.3 Å². The van der Waals surface area contributed by atoms with E-state index in [0.29, 0.717) is 5.02 Å². The Kier molecular flexibility index (Phi) is 3.82. The Balaban J connectivity index is 2.28. The molecule has 0 amide bonds. The van der Waals surface area contributed by atoms with E-state index in [1.54, 1.807) is 30.6 Å². The number of nitrogens with zero attached hydrogens (tertiary/aromatic N) is 1. The standard InChI is InChI=1S/C13H12ClNOS/c1-9-3-5-11(17-9)8-15-12-7-10(14)4-6-13(12)16-2/h3-8H,1-2H3. The Morgan fingerprint density at radius 2 is 2.12 bits per heavy atom. The van der Waals surface area contributed by atoms with Crippen LogP contribution in [0, 0.1) is 6.92 Å². The van der Waals surface area contributed by atoms with Gasteiger partial charge in [-0.3, -0.25) is 4.99 Å². The Morgan fingerprint density at radius 1 is 1.29 bits per heavy atom. The minimum Gasteiger partial charge on any atom is -0.494 e. The molecule has 0 aliphatic rings. The first kappa shape index (κ1) is 12.1. The van der Waals surface area contributed by atoms with Crippen LogP contribution in [0.1, 0.15) is 9.75 Å². The van der Waals surface area contributed by atoms with Gasteiger partial charge in [0.15, 0.2) is 0 Å². The summed E-state index contributed by atoms with van der Waals surface area (Å²) in [6.45, 7) is 2.07. The molecule has 0 aliphatic carbocycles. The van der Waals surface area contributed by atoms with Crippen LogP contribution in [0.15, 0.2) is 35.3 Å². The zero-order chi connectivity index (χ0) is 12.3. The van der Waals surface area contributed by atoms with Gasteiger partial charge >= 0.3 is 0 Å². The molecular weight excluding hydrogens is 254 g/mol. The Labute approximate surface area is 110 Å². The fraction of sp³-hybridized carbons (Fsp3) is 0.154. The zero-order valence-corrected chi connectivity index (χ0v) is 11.2. The summed E-state index contributed by atoms with van der Waals surface area (Å²) in [7, 11) is 1.62. The van der Waals surface area contributed by atoms with E-state index >= 15 is 0 Å². The van der Waals surface area contributed by atoms with Crippen molar-refractivity contribution in [1.29, 1.82) is 0 Å². The summed E-state index contributed by atoms with van der Waals surface area (Å²) in [5, 5.41) is 0.653. The molecule has 1 aromatic carbocycles. The van der Waals surface area contributed by atoms with Crippen LogP contribution >= 0.6 is 22.9 Å². The predicted octanol–water partition coefficient (Wildman–Crippen LogP) is 4.47. The molecule has 17 heavy (non-hydrogen) atoms. The maximum Gasteiger partial charge on any atom is 0.144 e. The molecule has 2 rings (SSSR count). The van der Waals surface area contributed by atoms with Gasteiger partial charge in [0.25, 0.3) is 0 Å². The molecule has 0 aliphatic heterocycles. The highest BCUT2D eigenvalue weighted by molar-refractivity contribution is 7.13. The molecule has 0 spiro atoms. The van der Waals surface area contributed by atoms with Crippen molar-refractivity contribution in [3.05, 3.63) is 45.1 Å². The van der Waals surface area contributed by atoms with E-state index in [4.69, 9.17) is 16.3 Å². The third kappa shape index (κ3) is 3.08. The van der Waals surface area contributed by atoms with Crippen molar-refractivity contribution in [3.63, 3.8) is 0 Å². The van der Waals surface area contributed by atoms with Crippen LogP contribution in [-0.2, 0) is 0 Å². The van der Waals surface area contributed by atoms with E-state index in [1.807, 2.05) is 18.3 Å². The van der Waals surface area contributed by atoms with Crippen molar-refractivity contribution in [3.8, 4) is 5.75 Å². The molecule has 88 valence electrons. The highest BCUT2D eigenvalue weighted by atomic mass is 35.5. The molecule has 4 heteroatoms. The van der Waals surface area contributed by atoms with Crippen LogP contribution in [0.2, 0.25) is 5.02 Å². The molecule has 0 radical (unpaired) electrons. The van der Waals surface area contributed by atoms with Gasteiger partial charge in [0.05, 0.1) is 7.11 Å². The van der Waals surface area contributed by atoms with E-state index in [2.05, 4.69) is 18.0 Å². The lowest BCUT2D eigenvalue weighted by Crippen LogP contribution is -1.83. The maximum atomic E-state index is 5.93. The summed E-state index contributed by atoms with van der Waals surface area (Å²) in [5.74, 6) is 0.721. The molecule has 0 N–H and O–H groups in total. The predicted molar refractivity (Wildman–Crippen MR) is 74.3 cm³/mol. The van der Waals surface area contributed by atoms with Gasteiger partial charge in [0, 0.05) is 21.0 Å². The van der Waals surface area contributed by atoms with Gasteiger partial charge in [-0.15, -0.1) is 11.3 Å². The third-order valence-corrected chi connectivity index (χ3v) is 3.40. The van der Waals surface area contributed by atoms with Crippen molar-refractivity contribution < 1.29 is 4.74 Å². The van der Waals surface area contributed by atoms with Crippen molar-refractivity contribution in [2.45, 2.75) is 6.92 Å². The van der Waals surface area contributed by atoms with E-state index in [1.165, 1.54) is 4.88 Å². The van der Waals surface area contributed by atoms with Crippen LogP contribution in [-0.4, -0.2) is 13.3 Å². The van der Waals surface area contributed by atoms with Gasteiger partial charge in [-0.2, -0.15) is 0 Å². The van der Waals surface area contributed by atoms with E-state index in [9.17, 15) is 0 Å². The normalized spacial score (nSPS) is 11.0. The average Bonchev–Trinajstić information content (AvgIpc) is 2.73. The Morgan fingerprint density at radius 3 is 2.76 bits per heavy atom. The van der Waals surface area contributed by atoms with Gasteiger partial charge < -0.3 is 4.74 Å². The monoisotopic (exact) mass is 265 g/mol. The molecule has 0 saturated heterocycles. The fourth-order valence-electron chi connectivity index (χ4n) is 1.42. The van der Waals surface area contributed by atoms with Crippen LogP contribution in [0.25, 0.3) is 0 Å². The summed E-state index contributed by atoms with van der Waals surface area (Å²) in [6.07, 6.45) is 1.83. The summed E-state index contributed by atoms with van der Waals surface area (Å²) in [5.41, 5.74) is 0.742. The topological polar surface area (TPSA) is 21.6 Å². The van der Waals surface area contributed by atoms with Gasteiger partial charge in [0.1, 0.15) is 11.4 Å². The molecule has 0 bridgehead atoms. The number of aliphatic imine (C=N–C) groups is 1. The highest BCUT2D eigenvalue weighted by Crippen LogP contribution is 2.30. The first-order valence-corrected chi connectivity index (χ1v) is 6.32. The number of rotatable bonds is 3. The van der Waals surface area contributed by atoms with Gasteiger partial charge in [-0.25, -0.2) is 0 Å². The molecule has 2 aromatic rings. The minimum absolute atomic E-state index is 0.653. The number of methoxy groups -OCH3 is 1. The van der Waals surface area contributed by atoms with Crippen molar-refractivity contribution in [1.82, 2.24) is 0 Å². The number of hydrogen-bond donors (Lipinski definition) is 0. The second-order valence-corrected chi connectivity index (χ2v) is 5.28. The third-order valence-electron chi connectivity index (χ3n) is 2.23. The Bertz CT molecular complexity index is 548. The fourth-order valence-corrected chi connectivity index (χ4v) is 2.34. The molecule has 1 aromatic heterocycles. The van der Waals surface area contributed by atoms with E-state index < -0.39 is 0 Å². The lowest BCUT2D eigenvalue weighted by molar-refractivity contribution is 0.416.